The predicted molar refractivity (Wildman–Crippen MR) is 77.2 cm³/mol. The molecule has 0 amide bonds. The zero-order valence-corrected chi connectivity index (χ0v) is 11.9. The highest BCUT2D eigenvalue weighted by molar-refractivity contribution is 5.23. The van der Waals surface area contributed by atoms with E-state index in [1.165, 1.54) is 29.7 Å². The maximum Gasteiger partial charge on any atom is 0.180 e. The van der Waals surface area contributed by atoms with Gasteiger partial charge in [0.25, 0.3) is 0 Å². The van der Waals surface area contributed by atoms with E-state index in [9.17, 15) is 5.21 Å². The summed E-state index contributed by atoms with van der Waals surface area (Å²) in [7, 11) is 0. The molecule has 1 saturated carbocycles. The molecule has 5 heteroatoms. The van der Waals surface area contributed by atoms with Crippen molar-refractivity contribution in [1.82, 2.24) is 14.9 Å². The van der Waals surface area contributed by atoms with E-state index in [0.29, 0.717) is 5.92 Å². The molecule has 1 aliphatic carbocycles. The molecule has 2 aromatic rings. The van der Waals surface area contributed by atoms with Crippen molar-refractivity contribution in [1.29, 1.82) is 0 Å². The van der Waals surface area contributed by atoms with Gasteiger partial charge >= 0.3 is 0 Å². The molecule has 0 radical (unpaired) electrons. The quantitative estimate of drug-likeness (QED) is 0.633. The van der Waals surface area contributed by atoms with Crippen molar-refractivity contribution in [2.24, 2.45) is 0 Å². The molecule has 0 bridgehead atoms. The number of aromatic nitrogens is 3. The topological polar surface area (TPSA) is 56.0 Å². The Kier molecular flexibility index (Phi) is 3.07. The first kappa shape index (κ1) is 12.7. The Labute approximate surface area is 123 Å². The van der Waals surface area contributed by atoms with Gasteiger partial charge in [-0.3, -0.25) is 4.90 Å². The lowest BCUT2D eigenvalue weighted by Gasteiger charge is -2.28. The lowest BCUT2D eigenvalue weighted by Crippen LogP contribution is -2.31. The van der Waals surface area contributed by atoms with Gasteiger partial charge in [0.2, 0.25) is 0 Å². The van der Waals surface area contributed by atoms with Gasteiger partial charge in [0, 0.05) is 61.6 Å². The third kappa shape index (κ3) is 2.74. The Morgan fingerprint density at radius 3 is 2.86 bits per heavy atom. The van der Waals surface area contributed by atoms with Crippen LogP contribution in [0.5, 0.6) is 0 Å². The van der Waals surface area contributed by atoms with Crippen LogP contribution in [0.4, 0.5) is 0 Å². The van der Waals surface area contributed by atoms with E-state index >= 15 is 0 Å². The molecule has 0 N–H and O–H groups in total. The number of hydrogen-bond donors (Lipinski definition) is 0. The molecule has 3 heterocycles. The Balaban J connectivity index is 1.47. The van der Waals surface area contributed by atoms with Crippen LogP contribution in [0, 0.1) is 5.21 Å². The molecule has 2 aliphatic rings. The van der Waals surface area contributed by atoms with Gasteiger partial charge in [0.1, 0.15) is 5.82 Å². The van der Waals surface area contributed by atoms with E-state index < -0.39 is 0 Å². The highest BCUT2D eigenvalue weighted by atomic mass is 16.5. The van der Waals surface area contributed by atoms with Crippen molar-refractivity contribution in [3.8, 4) is 0 Å². The van der Waals surface area contributed by atoms with Crippen LogP contribution < -0.4 is 4.73 Å². The van der Waals surface area contributed by atoms with Crippen LogP contribution in [0.2, 0.25) is 0 Å². The Bertz CT molecular complexity index is 652. The van der Waals surface area contributed by atoms with Crippen LogP contribution in [0.1, 0.15) is 41.4 Å². The average molecular weight is 282 g/mol. The summed E-state index contributed by atoms with van der Waals surface area (Å²) in [6.07, 6.45) is 8.61. The van der Waals surface area contributed by atoms with Gasteiger partial charge in [-0.25, -0.2) is 9.97 Å². The molecule has 0 spiro atoms. The van der Waals surface area contributed by atoms with Crippen LogP contribution in [0.3, 0.4) is 0 Å². The van der Waals surface area contributed by atoms with Gasteiger partial charge < -0.3 is 5.21 Å². The summed E-state index contributed by atoms with van der Waals surface area (Å²) in [5.74, 6) is 1.67. The minimum atomic E-state index is 0.622. The molecule has 0 atom stereocenters. The van der Waals surface area contributed by atoms with Crippen molar-refractivity contribution < 1.29 is 4.73 Å². The van der Waals surface area contributed by atoms with Crippen LogP contribution in [-0.2, 0) is 19.5 Å². The van der Waals surface area contributed by atoms with E-state index in [2.05, 4.69) is 9.88 Å². The fraction of sp³-hybridized carbons (Fsp3) is 0.438. The number of fused-ring (bicyclic) bond motifs is 1. The monoisotopic (exact) mass is 282 g/mol. The normalized spacial score (nSPS) is 18.5. The summed E-state index contributed by atoms with van der Waals surface area (Å²) >= 11 is 0. The SMILES string of the molecule is [O-][n+]1ccc(CN2CCc3nc(C4CC4)ncc3C2)cc1. The number of pyridine rings is 1. The molecule has 1 fully saturated rings. The van der Waals surface area contributed by atoms with E-state index in [1.54, 1.807) is 12.4 Å². The molecule has 0 saturated heterocycles. The van der Waals surface area contributed by atoms with Gasteiger partial charge in [0.15, 0.2) is 12.4 Å². The Morgan fingerprint density at radius 2 is 2.10 bits per heavy atom. The van der Waals surface area contributed by atoms with Crippen molar-refractivity contribution in [3.05, 3.63) is 58.6 Å². The average Bonchev–Trinajstić information content (AvgIpc) is 3.34. The number of hydrogen-bond acceptors (Lipinski definition) is 4. The van der Waals surface area contributed by atoms with Gasteiger partial charge in [-0.2, -0.15) is 4.73 Å². The number of rotatable bonds is 3. The maximum atomic E-state index is 11.1. The van der Waals surface area contributed by atoms with Crippen LogP contribution in [0.15, 0.2) is 30.7 Å². The second-order valence-corrected chi connectivity index (χ2v) is 6.00. The largest absolute Gasteiger partial charge is 0.619 e. The highest BCUT2D eigenvalue weighted by Gasteiger charge is 2.28. The molecule has 0 unspecified atom stereocenters. The molecule has 21 heavy (non-hydrogen) atoms. The summed E-state index contributed by atoms with van der Waals surface area (Å²) in [6.45, 7) is 2.78. The molecule has 5 nitrogen and oxygen atoms in total. The summed E-state index contributed by atoms with van der Waals surface area (Å²) in [6, 6.07) is 3.77. The molecule has 1 aliphatic heterocycles. The van der Waals surface area contributed by atoms with E-state index in [-0.39, 0.29) is 0 Å². The summed E-state index contributed by atoms with van der Waals surface area (Å²) in [5.41, 5.74) is 3.65. The predicted octanol–water partition coefficient (Wildman–Crippen LogP) is 1.55. The van der Waals surface area contributed by atoms with Gasteiger partial charge in [-0.1, -0.05) is 0 Å². The van der Waals surface area contributed by atoms with E-state index in [1.807, 2.05) is 18.3 Å². The Morgan fingerprint density at radius 1 is 1.29 bits per heavy atom. The maximum absolute atomic E-state index is 11.1. The minimum Gasteiger partial charge on any atom is -0.619 e. The standard InChI is InChI=1S/C16H18N4O/c21-20-7-3-12(4-8-20)10-19-6-5-15-14(11-19)9-17-16(18-15)13-1-2-13/h3-4,7-9,13H,1-2,5-6,10-11H2. The third-order valence-electron chi connectivity index (χ3n) is 4.25. The van der Waals surface area contributed by atoms with Gasteiger partial charge in [-0.15, -0.1) is 0 Å². The summed E-state index contributed by atoms with van der Waals surface area (Å²) in [5, 5.41) is 11.1. The van der Waals surface area contributed by atoms with Crippen molar-refractivity contribution in [2.45, 2.75) is 38.3 Å². The fourth-order valence-electron chi connectivity index (χ4n) is 2.87. The summed E-state index contributed by atoms with van der Waals surface area (Å²) in [4.78, 5) is 11.7. The second kappa shape index (κ2) is 5.07. The molecular weight excluding hydrogens is 264 g/mol. The zero-order chi connectivity index (χ0) is 14.2. The van der Waals surface area contributed by atoms with E-state index in [4.69, 9.17) is 4.98 Å². The lowest BCUT2D eigenvalue weighted by atomic mass is 10.1. The molecule has 0 aromatic carbocycles. The highest BCUT2D eigenvalue weighted by Crippen LogP contribution is 2.38. The first-order chi connectivity index (χ1) is 10.3. The van der Waals surface area contributed by atoms with Crippen molar-refractivity contribution >= 4 is 0 Å². The van der Waals surface area contributed by atoms with Crippen LogP contribution in [-0.4, -0.2) is 21.4 Å². The smallest absolute Gasteiger partial charge is 0.180 e. The fourth-order valence-corrected chi connectivity index (χ4v) is 2.87. The number of nitrogens with zero attached hydrogens (tertiary/aromatic N) is 4. The lowest BCUT2D eigenvalue weighted by molar-refractivity contribution is -0.605. The molecule has 2 aromatic heterocycles. The van der Waals surface area contributed by atoms with Crippen LogP contribution in [0.25, 0.3) is 0 Å². The first-order valence-electron chi connectivity index (χ1n) is 7.53. The summed E-state index contributed by atoms with van der Waals surface area (Å²) < 4.78 is 0.822. The molecular formula is C16H18N4O. The van der Waals surface area contributed by atoms with Crippen molar-refractivity contribution in [2.75, 3.05) is 6.54 Å². The van der Waals surface area contributed by atoms with Crippen molar-refractivity contribution in [3.63, 3.8) is 0 Å². The minimum absolute atomic E-state index is 0.622. The first-order valence-corrected chi connectivity index (χ1v) is 7.53. The zero-order valence-electron chi connectivity index (χ0n) is 11.9. The van der Waals surface area contributed by atoms with Gasteiger partial charge in [0.05, 0.1) is 0 Å². The van der Waals surface area contributed by atoms with Gasteiger partial charge in [-0.05, 0) is 18.4 Å². The third-order valence-corrected chi connectivity index (χ3v) is 4.25. The van der Waals surface area contributed by atoms with E-state index in [0.717, 1.165) is 36.6 Å². The molecule has 4 rings (SSSR count). The second-order valence-electron chi connectivity index (χ2n) is 6.00. The molecule has 108 valence electrons. The van der Waals surface area contributed by atoms with Crippen LogP contribution >= 0.6 is 0 Å². The Hall–Kier alpha value is -2.01.